The number of hydrogen-bond donors (Lipinski definition) is 2. The Bertz CT molecular complexity index is 400. The molecule has 1 aromatic rings. The van der Waals surface area contributed by atoms with Gasteiger partial charge in [0.2, 0.25) is 5.91 Å². The fourth-order valence-corrected chi connectivity index (χ4v) is 1.31. The first kappa shape index (κ1) is 14.5. The molecule has 18 heavy (non-hydrogen) atoms. The molecular weight excluding hydrogens is 242 g/mol. The van der Waals surface area contributed by atoms with Gasteiger partial charge < -0.3 is 15.4 Å². The number of rotatable bonds is 7. The molecule has 100 valence electrons. The van der Waals surface area contributed by atoms with Gasteiger partial charge in [-0.1, -0.05) is 0 Å². The summed E-state index contributed by atoms with van der Waals surface area (Å²) in [5, 5.41) is 5.34. The Kier molecular flexibility index (Phi) is 6.24. The van der Waals surface area contributed by atoms with Crippen molar-refractivity contribution < 1.29 is 18.3 Å². The molecule has 0 saturated carbocycles. The van der Waals surface area contributed by atoms with Crippen LogP contribution in [0, 0.1) is 11.6 Å². The van der Waals surface area contributed by atoms with Crippen molar-refractivity contribution in [2.75, 3.05) is 26.8 Å². The molecule has 1 amide bonds. The molecule has 0 atom stereocenters. The van der Waals surface area contributed by atoms with E-state index in [2.05, 4.69) is 10.6 Å². The van der Waals surface area contributed by atoms with E-state index in [1.165, 1.54) is 0 Å². The zero-order valence-corrected chi connectivity index (χ0v) is 10.1. The van der Waals surface area contributed by atoms with Crippen molar-refractivity contribution in [1.82, 2.24) is 10.6 Å². The summed E-state index contributed by atoms with van der Waals surface area (Å²) >= 11 is 0. The lowest BCUT2D eigenvalue weighted by Crippen LogP contribution is -2.35. The number of methoxy groups -OCH3 is 1. The van der Waals surface area contributed by atoms with Crippen LogP contribution in [0.1, 0.15) is 5.56 Å². The van der Waals surface area contributed by atoms with E-state index in [4.69, 9.17) is 4.74 Å². The minimum Gasteiger partial charge on any atom is -0.383 e. The Labute approximate surface area is 104 Å². The van der Waals surface area contributed by atoms with Crippen molar-refractivity contribution in [1.29, 1.82) is 0 Å². The number of nitrogens with one attached hydrogen (secondary N) is 2. The third-order valence-corrected chi connectivity index (χ3v) is 2.25. The smallest absolute Gasteiger partial charge is 0.234 e. The van der Waals surface area contributed by atoms with Gasteiger partial charge in [0.05, 0.1) is 13.2 Å². The van der Waals surface area contributed by atoms with E-state index in [1.54, 1.807) is 7.11 Å². The fourth-order valence-electron chi connectivity index (χ4n) is 1.31. The molecule has 2 N–H and O–H groups in total. The molecule has 0 fully saturated rings. The highest BCUT2D eigenvalue weighted by atomic mass is 19.1. The SMILES string of the molecule is COCCNCC(=O)NCc1cc(F)ccc1F. The van der Waals surface area contributed by atoms with Crippen LogP contribution in [-0.2, 0) is 16.1 Å². The summed E-state index contributed by atoms with van der Waals surface area (Å²) in [6.45, 7) is 1.14. The van der Waals surface area contributed by atoms with Crippen LogP contribution in [0.3, 0.4) is 0 Å². The Hall–Kier alpha value is -1.53. The first-order valence-electron chi connectivity index (χ1n) is 5.53. The van der Waals surface area contributed by atoms with E-state index in [1.807, 2.05) is 0 Å². The van der Waals surface area contributed by atoms with Crippen LogP contribution < -0.4 is 10.6 Å². The third kappa shape index (κ3) is 5.20. The summed E-state index contributed by atoms with van der Waals surface area (Å²) in [5.41, 5.74) is 0.125. The monoisotopic (exact) mass is 258 g/mol. The molecular formula is C12H16F2N2O2. The van der Waals surface area contributed by atoms with Gasteiger partial charge in [0, 0.05) is 25.8 Å². The highest BCUT2D eigenvalue weighted by Gasteiger charge is 2.06. The van der Waals surface area contributed by atoms with Gasteiger partial charge in [0.1, 0.15) is 11.6 Å². The van der Waals surface area contributed by atoms with Crippen LogP contribution in [0.4, 0.5) is 8.78 Å². The maximum Gasteiger partial charge on any atom is 0.234 e. The van der Waals surface area contributed by atoms with Crippen LogP contribution in [0.5, 0.6) is 0 Å². The molecule has 1 rings (SSSR count). The van der Waals surface area contributed by atoms with Gasteiger partial charge in [-0.25, -0.2) is 8.78 Å². The Balaban J connectivity index is 2.31. The third-order valence-electron chi connectivity index (χ3n) is 2.25. The van der Waals surface area contributed by atoms with Crippen LogP contribution in [0.25, 0.3) is 0 Å². The van der Waals surface area contributed by atoms with E-state index < -0.39 is 11.6 Å². The van der Waals surface area contributed by atoms with Gasteiger partial charge in [0.15, 0.2) is 0 Å². The van der Waals surface area contributed by atoms with Crippen molar-refractivity contribution in [3.05, 3.63) is 35.4 Å². The van der Waals surface area contributed by atoms with Gasteiger partial charge in [-0.2, -0.15) is 0 Å². The zero-order valence-electron chi connectivity index (χ0n) is 10.1. The number of hydrogen-bond acceptors (Lipinski definition) is 3. The lowest BCUT2D eigenvalue weighted by molar-refractivity contribution is -0.120. The average Bonchev–Trinajstić information content (AvgIpc) is 2.36. The Morgan fingerprint density at radius 3 is 2.89 bits per heavy atom. The van der Waals surface area contributed by atoms with E-state index in [-0.39, 0.29) is 24.6 Å². The maximum absolute atomic E-state index is 13.2. The van der Waals surface area contributed by atoms with Gasteiger partial charge in [-0.15, -0.1) is 0 Å². The zero-order chi connectivity index (χ0) is 13.4. The van der Waals surface area contributed by atoms with Gasteiger partial charge >= 0.3 is 0 Å². The number of amides is 1. The Morgan fingerprint density at radius 2 is 2.17 bits per heavy atom. The highest BCUT2D eigenvalue weighted by molar-refractivity contribution is 5.77. The highest BCUT2D eigenvalue weighted by Crippen LogP contribution is 2.08. The molecule has 0 saturated heterocycles. The van der Waals surface area contributed by atoms with Crippen LogP contribution >= 0.6 is 0 Å². The second kappa shape index (κ2) is 7.73. The molecule has 4 nitrogen and oxygen atoms in total. The number of halogens is 2. The van der Waals surface area contributed by atoms with Crippen LogP contribution in [0.2, 0.25) is 0 Å². The standard InChI is InChI=1S/C12H16F2N2O2/c1-18-5-4-15-8-12(17)16-7-9-6-10(13)2-3-11(9)14/h2-3,6,15H,4-5,7-8H2,1H3,(H,16,17). The van der Waals surface area contributed by atoms with Gasteiger partial charge in [-0.3, -0.25) is 4.79 Å². The molecule has 0 spiro atoms. The minimum absolute atomic E-state index is 0.0333. The van der Waals surface area contributed by atoms with Crippen molar-refractivity contribution in [3.8, 4) is 0 Å². The minimum atomic E-state index is -0.538. The van der Waals surface area contributed by atoms with E-state index in [9.17, 15) is 13.6 Å². The Morgan fingerprint density at radius 1 is 1.39 bits per heavy atom. The van der Waals surface area contributed by atoms with Crippen molar-refractivity contribution in [3.63, 3.8) is 0 Å². The summed E-state index contributed by atoms with van der Waals surface area (Å²) in [6.07, 6.45) is 0. The summed E-state index contributed by atoms with van der Waals surface area (Å²) in [6, 6.07) is 3.13. The lowest BCUT2D eigenvalue weighted by Gasteiger charge is -2.07. The molecule has 0 aliphatic rings. The molecule has 0 aliphatic heterocycles. The largest absolute Gasteiger partial charge is 0.383 e. The summed E-state index contributed by atoms with van der Waals surface area (Å²) in [4.78, 5) is 11.3. The van der Waals surface area contributed by atoms with Gasteiger partial charge in [0.25, 0.3) is 0 Å². The number of carbonyl (C=O) groups excluding carboxylic acids is 1. The number of benzene rings is 1. The van der Waals surface area contributed by atoms with E-state index in [0.717, 1.165) is 18.2 Å². The van der Waals surface area contributed by atoms with Crippen molar-refractivity contribution in [2.24, 2.45) is 0 Å². The molecule has 0 bridgehead atoms. The topological polar surface area (TPSA) is 50.4 Å². The molecule has 6 heteroatoms. The predicted molar refractivity (Wildman–Crippen MR) is 63.0 cm³/mol. The quantitative estimate of drug-likeness (QED) is 0.712. The first-order chi connectivity index (χ1) is 8.63. The average molecular weight is 258 g/mol. The van der Waals surface area contributed by atoms with Crippen molar-refractivity contribution in [2.45, 2.75) is 6.54 Å². The van der Waals surface area contributed by atoms with Crippen LogP contribution in [-0.4, -0.2) is 32.7 Å². The molecule has 1 aromatic carbocycles. The predicted octanol–water partition coefficient (Wildman–Crippen LogP) is 0.817. The van der Waals surface area contributed by atoms with Crippen molar-refractivity contribution >= 4 is 5.91 Å². The molecule has 0 aliphatic carbocycles. The summed E-state index contributed by atoms with van der Waals surface area (Å²) in [7, 11) is 1.56. The van der Waals surface area contributed by atoms with Crippen LogP contribution in [0.15, 0.2) is 18.2 Å². The second-order valence-electron chi connectivity index (χ2n) is 3.68. The van der Waals surface area contributed by atoms with E-state index >= 15 is 0 Å². The maximum atomic E-state index is 13.2. The molecule has 0 heterocycles. The first-order valence-corrected chi connectivity index (χ1v) is 5.53. The molecule has 0 aromatic heterocycles. The molecule has 0 radical (unpaired) electrons. The fraction of sp³-hybridized carbons (Fsp3) is 0.417. The lowest BCUT2D eigenvalue weighted by atomic mass is 10.2. The number of ether oxygens (including phenoxy) is 1. The second-order valence-corrected chi connectivity index (χ2v) is 3.68. The van der Waals surface area contributed by atoms with Gasteiger partial charge in [-0.05, 0) is 18.2 Å². The number of carbonyl (C=O) groups is 1. The molecule has 0 unspecified atom stereocenters. The van der Waals surface area contributed by atoms with E-state index in [0.29, 0.717) is 13.2 Å². The normalized spacial score (nSPS) is 10.4. The summed E-state index contributed by atoms with van der Waals surface area (Å²) < 4.78 is 30.9. The summed E-state index contributed by atoms with van der Waals surface area (Å²) in [5.74, 6) is -1.35.